The first-order valence-electron chi connectivity index (χ1n) is 20.4. The zero-order valence-corrected chi connectivity index (χ0v) is 39.6. The molecule has 0 fully saturated rings. The fourth-order valence-electron chi connectivity index (χ4n) is 6.50. The van der Waals surface area contributed by atoms with Gasteiger partial charge in [0.25, 0.3) is 5.91 Å². The molecule has 6 atom stereocenters. The fraction of sp³-hybridized carbons (Fsp3) is 0.375. The molecule has 0 aliphatic heterocycles. The molecule has 29 heteroatoms. The van der Waals surface area contributed by atoms with Crippen LogP contribution in [0.1, 0.15) is 56.7 Å². The maximum Gasteiger partial charge on any atom is 0.524 e. The molecule has 3 aromatic carbocycles. The first-order chi connectivity index (χ1) is 31.9. The Bertz CT molecular complexity index is 2460. The Morgan fingerprint density at radius 2 is 0.971 bits per heavy atom. The number of carboxylic acid groups (broad SMARTS) is 2. The van der Waals surface area contributed by atoms with Crippen LogP contribution in [0.25, 0.3) is 0 Å². The van der Waals surface area contributed by atoms with Crippen molar-refractivity contribution in [3.8, 4) is 17.2 Å². The van der Waals surface area contributed by atoms with E-state index in [-0.39, 0.29) is 47.6 Å². The molecule has 0 aliphatic carbocycles. The molecule has 0 aliphatic rings. The van der Waals surface area contributed by atoms with Crippen molar-refractivity contribution in [1.29, 1.82) is 0 Å². The molecule has 378 valence electrons. The second-order valence-corrected chi connectivity index (χ2v) is 18.9. The highest BCUT2D eigenvalue weighted by Gasteiger charge is 2.40. The van der Waals surface area contributed by atoms with Gasteiger partial charge in [-0.25, -0.2) is 18.5 Å². The minimum absolute atomic E-state index is 0.144. The van der Waals surface area contributed by atoms with Gasteiger partial charge in [0, 0.05) is 26.2 Å². The number of aliphatic carboxylic acids is 2. The van der Waals surface area contributed by atoms with E-state index in [4.69, 9.17) is 15.5 Å². The summed E-state index contributed by atoms with van der Waals surface area (Å²) in [4.78, 5) is 149. The van der Waals surface area contributed by atoms with E-state index in [1.807, 2.05) is 0 Å². The molecule has 0 saturated carbocycles. The number of carboxylic acids is 2. The van der Waals surface area contributed by atoms with Crippen LogP contribution in [0.3, 0.4) is 0 Å². The number of hydrogen-bond donors (Lipinski definition) is 12. The van der Waals surface area contributed by atoms with E-state index >= 15 is 0 Å². The Morgan fingerprint density at radius 3 is 1.30 bits per heavy atom. The average Bonchev–Trinajstić information content (AvgIpc) is 3.23. The molecule has 13 N–H and O–H groups in total. The Morgan fingerprint density at radius 1 is 0.609 bits per heavy atom. The zero-order valence-electron chi connectivity index (χ0n) is 36.9. The lowest BCUT2D eigenvalue weighted by atomic mass is 9.95. The number of nitrogens with two attached hydrogens (primary N) is 1. The van der Waals surface area contributed by atoms with Gasteiger partial charge in [0.1, 0.15) is 41.4 Å². The Kier molecular flexibility index (Phi) is 20.8. The summed E-state index contributed by atoms with van der Waals surface area (Å²) in [5.74, 6) is -10.1. The van der Waals surface area contributed by atoms with Crippen LogP contribution in [0.4, 0.5) is 0 Å². The van der Waals surface area contributed by atoms with Crippen LogP contribution in [-0.4, -0.2) is 116 Å². The van der Waals surface area contributed by atoms with Crippen LogP contribution in [-0.2, 0) is 66.5 Å². The minimum atomic E-state index is -5.00. The number of benzene rings is 3. The number of imide groups is 1. The summed E-state index contributed by atoms with van der Waals surface area (Å²) in [6, 6.07) is 6.51. The van der Waals surface area contributed by atoms with Crippen LogP contribution < -0.4 is 35.3 Å². The zero-order chi connectivity index (χ0) is 52.0. The maximum atomic E-state index is 14.4. The van der Waals surface area contributed by atoms with E-state index in [2.05, 4.69) is 29.5 Å². The first-order valence-corrected chi connectivity index (χ1v) is 25.0. The molecule has 0 aromatic heterocycles. The van der Waals surface area contributed by atoms with Crippen LogP contribution in [0.2, 0.25) is 0 Å². The number of hydrogen-bond acceptors (Lipinski definition) is 14. The monoisotopic (exact) mass is 1030 g/mol. The third kappa shape index (κ3) is 19.8. The number of nitrogens with zero attached hydrogens (tertiary/aromatic N) is 1. The van der Waals surface area contributed by atoms with Crippen molar-refractivity contribution in [3.05, 3.63) is 89.5 Å². The molecule has 3 rings (SSSR count). The van der Waals surface area contributed by atoms with Crippen molar-refractivity contribution >= 4 is 64.9 Å². The van der Waals surface area contributed by atoms with E-state index < -0.39 is 120 Å². The largest absolute Gasteiger partial charge is 0.524 e. The average molecular weight is 1030 g/mol. The SMILES string of the molecule is CC[C@H](C)[C@H](NC(=O)[C@H](Cc1ccc(OP(=O)(O)O)cc1)NC(=O)[C@H](Cc1ccc(OP(=O)(O)O)cc1)NC(=O)[C@@H](N)Cc1ccc(OP(=O)(O)O)cc1)C(=O)N(C(C)=O)[C@@H](CCC(=O)O)C(=O)O. The summed E-state index contributed by atoms with van der Waals surface area (Å²) in [6.07, 6.45) is -2.32. The molecule has 69 heavy (non-hydrogen) atoms. The number of carbonyl (C=O) groups excluding carboxylic acids is 5. The molecule has 5 amide bonds. The highest BCUT2D eigenvalue weighted by molar-refractivity contribution is 7.47. The summed E-state index contributed by atoms with van der Waals surface area (Å²) in [5.41, 5.74) is 7.07. The van der Waals surface area contributed by atoms with Crippen LogP contribution >= 0.6 is 23.5 Å². The number of amides is 5. The van der Waals surface area contributed by atoms with Crippen molar-refractivity contribution in [3.63, 3.8) is 0 Å². The molecule has 26 nitrogen and oxygen atoms in total. The van der Waals surface area contributed by atoms with Gasteiger partial charge in [0.2, 0.25) is 23.6 Å². The third-order valence-corrected chi connectivity index (χ3v) is 11.3. The summed E-state index contributed by atoms with van der Waals surface area (Å²) >= 11 is 0. The van der Waals surface area contributed by atoms with E-state index in [1.165, 1.54) is 55.5 Å². The molecule has 0 bridgehead atoms. The molecule has 0 spiro atoms. The van der Waals surface area contributed by atoms with Crippen molar-refractivity contribution in [1.82, 2.24) is 20.9 Å². The van der Waals surface area contributed by atoms with Gasteiger partial charge in [-0.05, 0) is 71.8 Å². The lowest BCUT2D eigenvalue weighted by molar-refractivity contribution is -0.160. The minimum Gasteiger partial charge on any atom is -0.481 e. The molecule has 0 heterocycles. The molecule has 0 radical (unpaired) electrons. The maximum absolute atomic E-state index is 14.4. The standard InChI is InChI=1S/C40H52N5O21P3/c1-4-22(2)35(39(52)45(23(3)46)33(40(53)54)17-18-34(47)48)44-38(51)32(21-26-9-15-29(16-10-26)66-69(61,62)63)43-37(50)31(20-25-7-13-28(14-8-25)65-68(58,59)60)42-36(49)30(41)19-24-5-11-27(12-6-24)64-67(55,56)57/h5-16,22,30-33,35H,4,17-21,41H2,1-3H3,(H,42,49)(H,43,50)(H,44,51)(H,47,48)(H,53,54)(H2,55,56,57)(H2,58,59,60)(H2,61,62,63)/t22-,30-,31-,32-,33-,35-/m0/s1. The van der Waals surface area contributed by atoms with E-state index in [0.29, 0.717) is 10.5 Å². The van der Waals surface area contributed by atoms with Gasteiger partial charge in [-0.3, -0.25) is 63.0 Å². The van der Waals surface area contributed by atoms with Gasteiger partial charge >= 0.3 is 35.4 Å². The highest BCUT2D eigenvalue weighted by atomic mass is 31.2. The number of nitrogens with one attached hydrogen (secondary N) is 3. The predicted octanol–water partition coefficient (Wildman–Crippen LogP) is 0.650. The van der Waals surface area contributed by atoms with Crippen LogP contribution in [0.5, 0.6) is 17.2 Å². The second-order valence-electron chi connectivity index (χ2n) is 15.4. The highest BCUT2D eigenvalue weighted by Crippen LogP contribution is 2.39. The number of rotatable bonds is 26. The summed E-state index contributed by atoms with van der Waals surface area (Å²) in [5, 5.41) is 26.6. The smallest absolute Gasteiger partial charge is 0.481 e. The first kappa shape index (κ1) is 57.3. The van der Waals surface area contributed by atoms with Gasteiger partial charge in [-0.1, -0.05) is 56.7 Å². The lowest BCUT2D eigenvalue weighted by Crippen LogP contribution is -2.61. The molecule has 0 unspecified atom stereocenters. The predicted molar refractivity (Wildman–Crippen MR) is 237 cm³/mol. The summed E-state index contributed by atoms with van der Waals surface area (Å²) in [6.45, 7) is 3.96. The third-order valence-electron chi connectivity index (χ3n) is 9.96. The Labute approximate surface area is 393 Å². The Hall–Kier alpha value is -6.04. The van der Waals surface area contributed by atoms with Crippen molar-refractivity contribution < 1.29 is 100 Å². The molecular formula is C40H52N5O21P3. The van der Waals surface area contributed by atoms with Crippen LogP contribution in [0, 0.1) is 5.92 Å². The van der Waals surface area contributed by atoms with E-state index in [0.717, 1.165) is 31.2 Å². The number of phosphoric acid groups is 3. The van der Waals surface area contributed by atoms with E-state index in [9.17, 15) is 77.0 Å². The topological polar surface area (TPSA) is 426 Å². The van der Waals surface area contributed by atoms with Crippen molar-refractivity contribution in [2.24, 2.45) is 11.7 Å². The summed E-state index contributed by atoms with van der Waals surface area (Å²) in [7, 11) is -14.9. The van der Waals surface area contributed by atoms with Gasteiger partial charge in [-0.15, -0.1) is 0 Å². The number of carbonyl (C=O) groups is 7. The number of phosphoric ester groups is 3. The Balaban J connectivity index is 2.07. The van der Waals surface area contributed by atoms with Crippen molar-refractivity contribution in [2.45, 2.75) is 89.5 Å². The quantitative estimate of drug-likeness (QED) is 0.0491. The molecular weight excluding hydrogens is 979 g/mol. The van der Waals surface area contributed by atoms with Crippen molar-refractivity contribution in [2.75, 3.05) is 0 Å². The second kappa shape index (κ2) is 25.0. The van der Waals surface area contributed by atoms with Gasteiger partial charge in [0.05, 0.1) is 6.04 Å². The van der Waals surface area contributed by atoms with Crippen LogP contribution in [0.15, 0.2) is 72.8 Å². The lowest BCUT2D eigenvalue weighted by Gasteiger charge is -2.33. The molecule has 3 aromatic rings. The van der Waals surface area contributed by atoms with Gasteiger partial charge in [0.15, 0.2) is 0 Å². The van der Waals surface area contributed by atoms with Gasteiger partial charge in [-0.2, -0.15) is 0 Å². The van der Waals surface area contributed by atoms with E-state index in [1.54, 1.807) is 6.92 Å². The fourth-order valence-corrected chi connectivity index (χ4v) is 7.69. The normalized spacial score (nSPS) is 14.3. The molecule has 0 saturated heterocycles. The summed E-state index contributed by atoms with van der Waals surface area (Å²) < 4.78 is 47.7. The van der Waals surface area contributed by atoms with Gasteiger partial charge < -0.3 is 45.5 Å².